The van der Waals surface area contributed by atoms with Gasteiger partial charge in [0, 0.05) is 0 Å². The fraction of sp³-hybridized carbons (Fsp3) is 0.417. The summed E-state index contributed by atoms with van der Waals surface area (Å²) >= 11 is 0. The van der Waals surface area contributed by atoms with Crippen LogP contribution in [0.4, 0.5) is 26.3 Å². The van der Waals surface area contributed by atoms with Gasteiger partial charge in [0.05, 0.1) is 24.8 Å². The molecule has 0 aliphatic heterocycles. The number of benzene rings is 1. The van der Waals surface area contributed by atoms with Gasteiger partial charge in [0.2, 0.25) is 0 Å². The standard InChI is InChI=1S/C12H10F6O3/c1-3-21-10(19)8-6(11(13,14)15)4-5-7(9(8)20-2)12(16,17)18/h4-5H,3H2,1-2H3. The van der Waals surface area contributed by atoms with Gasteiger partial charge in [-0.25, -0.2) is 4.79 Å². The van der Waals surface area contributed by atoms with Crippen LogP contribution in [0, 0.1) is 0 Å². The third kappa shape index (κ3) is 3.59. The number of methoxy groups -OCH3 is 1. The fourth-order valence-electron chi connectivity index (χ4n) is 1.66. The Labute approximate surface area is 115 Å². The lowest BCUT2D eigenvalue weighted by Gasteiger charge is -2.19. The van der Waals surface area contributed by atoms with Crippen molar-refractivity contribution in [2.75, 3.05) is 13.7 Å². The quantitative estimate of drug-likeness (QED) is 0.626. The second-order valence-corrected chi connectivity index (χ2v) is 3.78. The first-order chi connectivity index (χ1) is 9.54. The van der Waals surface area contributed by atoms with E-state index >= 15 is 0 Å². The van der Waals surface area contributed by atoms with Crippen molar-refractivity contribution in [3.63, 3.8) is 0 Å². The van der Waals surface area contributed by atoms with Crippen LogP contribution in [-0.4, -0.2) is 19.7 Å². The van der Waals surface area contributed by atoms with Crippen molar-refractivity contribution in [2.24, 2.45) is 0 Å². The lowest BCUT2D eigenvalue weighted by atomic mass is 10.0. The molecule has 1 aromatic carbocycles. The number of halogens is 6. The molecule has 0 aliphatic carbocycles. The van der Waals surface area contributed by atoms with Gasteiger partial charge in [-0.2, -0.15) is 26.3 Å². The Balaban J connectivity index is 3.69. The van der Waals surface area contributed by atoms with Gasteiger partial charge < -0.3 is 9.47 Å². The molecule has 0 aliphatic rings. The van der Waals surface area contributed by atoms with Crippen LogP contribution in [0.1, 0.15) is 28.4 Å². The van der Waals surface area contributed by atoms with E-state index in [1.807, 2.05) is 0 Å². The number of hydrogen-bond acceptors (Lipinski definition) is 3. The molecule has 0 radical (unpaired) electrons. The number of alkyl halides is 6. The van der Waals surface area contributed by atoms with Gasteiger partial charge in [-0.15, -0.1) is 0 Å². The molecule has 0 fully saturated rings. The minimum Gasteiger partial charge on any atom is -0.495 e. The first kappa shape index (κ1) is 17.1. The van der Waals surface area contributed by atoms with Gasteiger partial charge >= 0.3 is 18.3 Å². The number of carbonyl (C=O) groups excluding carboxylic acids is 1. The number of esters is 1. The van der Waals surface area contributed by atoms with Crippen LogP contribution in [0.5, 0.6) is 5.75 Å². The van der Waals surface area contributed by atoms with Gasteiger partial charge in [0.1, 0.15) is 11.3 Å². The van der Waals surface area contributed by atoms with Gasteiger partial charge in [0.15, 0.2) is 0 Å². The van der Waals surface area contributed by atoms with E-state index in [1.54, 1.807) is 0 Å². The Bertz CT molecular complexity index is 533. The molecule has 0 saturated carbocycles. The molecule has 3 nitrogen and oxygen atoms in total. The highest BCUT2D eigenvalue weighted by atomic mass is 19.4. The Morgan fingerprint density at radius 3 is 1.90 bits per heavy atom. The summed E-state index contributed by atoms with van der Waals surface area (Å²) in [6, 6.07) is 0.391. The van der Waals surface area contributed by atoms with Crippen LogP contribution in [0.3, 0.4) is 0 Å². The van der Waals surface area contributed by atoms with E-state index in [2.05, 4.69) is 9.47 Å². The molecule has 9 heteroatoms. The molecule has 0 N–H and O–H groups in total. The average molecular weight is 316 g/mol. The molecule has 0 saturated heterocycles. The SMILES string of the molecule is CCOC(=O)c1c(C(F)(F)F)ccc(C(F)(F)F)c1OC. The molecule has 0 unspecified atom stereocenters. The van der Waals surface area contributed by atoms with Crippen molar-refractivity contribution in [1.82, 2.24) is 0 Å². The van der Waals surface area contributed by atoms with Crippen LogP contribution in [0.2, 0.25) is 0 Å². The molecule has 0 aromatic heterocycles. The molecule has 1 aromatic rings. The zero-order chi connectivity index (χ0) is 16.4. The molecule has 0 bridgehead atoms. The summed E-state index contributed by atoms with van der Waals surface area (Å²) in [7, 11) is 0.744. The summed E-state index contributed by atoms with van der Waals surface area (Å²) in [6.07, 6.45) is -10.0. The summed E-state index contributed by atoms with van der Waals surface area (Å²) in [5, 5.41) is 0. The summed E-state index contributed by atoms with van der Waals surface area (Å²) in [5.74, 6) is -2.75. The molecular weight excluding hydrogens is 306 g/mol. The third-order valence-electron chi connectivity index (χ3n) is 2.45. The van der Waals surface area contributed by atoms with Crippen LogP contribution < -0.4 is 4.74 Å². The number of hydrogen-bond donors (Lipinski definition) is 0. The maximum atomic E-state index is 12.8. The van der Waals surface area contributed by atoms with Crippen molar-refractivity contribution in [2.45, 2.75) is 19.3 Å². The van der Waals surface area contributed by atoms with E-state index in [9.17, 15) is 31.1 Å². The summed E-state index contributed by atoms with van der Waals surface area (Å²) in [4.78, 5) is 11.6. The second kappa shape index (κ2) is 5.82. The first-order valence-electron chi connectivity index (χ1n) is 5.56. The molecule has 0 spiro atoms. The molecular formula is C12H10F6O3. The van der Waals surface area contributed by atoms with Crippen LogP contribution in [0.25, 0.3) is 0 Å². The van der Waals surface area contributed by atoms with Crippen molar-refractivity contribution in [1.29, 1.82) is 0 Å². The molecule has 0 atom stereocenters. The monoisotopic (exact) mass is 316 g/mol. The Morgan fingerprint density at radius 2 is 1.52 bits per heavy atom. The van der Waals surface area contributed by atoms with Crippen LogP contribution in [0.15, 0.2) is 12.1 Å². The minimum atomic E-state index is -5.03. The summed E-state index contributed by atoms with van der Waals surface area (Å²) in [5.41, 5.74) is -4.33. The van der Waals surface area contributed by atoms with Crippen molar-refractivity contribution >= 4 is 5.97 Å². The lowest BCUT2D eigenvalue weighted by Crippen LogP contribution is -2.19. The summed E-state index contributed by atoms with van der Waals surface area (Å²) < 4.78 is 85.7. The number of ether oxygens (including phenoxy) is 2. The molecule has 0 heterocycles. The fourth-order valence-corrected chi connectivity index (χ4v) is 1.66. The van der Waals surface area contributed by atoms with E-state index in [0.717, 1.165) is 7.11 Å². The molecule has 0 amide bonds. The van der Waals surface area contributed by atoms with Crippen molar-refractivity contribution in [3.8, 4) is 5.75 Å². The van der Waals surface area contributed by atoms with E-state index in [1.165, 1.54) is 6.92 Å². The minimum absolute atomic E-state index is 0.178. The zero-order valence-electron chi connectivity index (χ0n) is 10.9. The topological polar surface area (TPSA) is 35.5 Å². The summed E-state index contributed by atoms with van der Waals surface area (Å²) in [6.45, 7) is 1.01. The second-order valence-electron chi connectivity index (χ2n) is 3.78. The smallest absolute Gasteiger partial charge is 0.419 e. The Hall–Kier alpha value is -1.93. The predicted octanol–water partition coefficient (Wildman–Crippen LogP) is 3.91. The highest BCUT2D eigenvalue weighted by Crippen LogP contribution is 2.43. The van der Waals surface area contributed by atoms with Crippen LogP contribution >= 0.6 is 0 Å². The molecule has 118 valence electrons. The number of rotatable bonds is 3. The maximum absolute atomic E-state index is 12.8. The van der Waals surface area contributed by atoms with Gasteiger partial charge in [-0.1, -0.05) is 0 Å². The highest BCUT2D eigenvalue weighted by molar-refractivity contribution is 5.95. The Morgan fingerprint density at radius 1 is 1.05 bits per heavy atom. The van der Waals surface area contributed by atoms with Crippen molar-refractivity contribution in [3.05, 3.63) is 28.8 Å². The van der Waals surface area contributed by atoms with E-state index in [0.29, 0.717) is 0 Å². The van der Waals surface area contributed by atoms with E-state index < -0.39 is 40.8 Å². The molecule has 1 rings (SSSR count). The molecule has 21 heavy (non-hydrogen) atoms. The Kier molecular flexibility index (Phi) is 4.75. The van der Waals surface area contributed by atoms with Gasteiger partial charge in [0.25, 0.3) is 0 Å². The van der Waals surface area contributed by atoms with E-state index in [4.69, 9.17) is 0 Å². The largest absolute Gasteiger partial charge is 0.495 e. The van der Waals surface area contributed by atoms with Crippen LogP contribution in [-0.2, 0) is 17.1 Å². The van der Waals surface area contributed by atoms with Gasteiger partial charge in [-0.3, -0.25) is 0 Å². The normalized spacial score (nSPS) is 12.2. The average Bonchev–Trinajstić information content (AvgIpc) is 2.34. The predicted molar refractivity (Wildman–Crippen MR) is 59.0 cm³/mol. The highest BCUT2D eigenvalue weighted by Gasteiger charge is 2.43. The third-order valence-corrected chi connectivity index (χ3v) is 2.45. The lowest BCUT2D eigenvalue weighted by molar-refractivity contribution is -0.142. The zero-order valence-corrected chi connectivity index (χ0v) is 10.9. The van der Waals surface area contributed by atoms with Crippen molar-refractivity contribution < 1.29 is 40.6 Å². The van der Waals surface area contributed by atoms with E-state index in [-0.39, 0.29) is 18.7 Å². The van der Waals surface area contributed by atoms with Gasteiger partial charge in [-0.05, 0) is 19.1 Å². The number of carbonyl (C=O) groups is 1. The first-order valence-corrected chi connectivity index (χ1v) is 5.56. The maximum Gasteiger partial charge on any atom is 0.419 e.